The van der Waals surface area contributed by atoms with Crippen molar-refractivity contribution < 1.29 is 74.1 Å². The molecule has 0 saturated carbocycles. The molecule has 15 nitrogen and oxygen atoms in total. The Morgan fingerprint density at radius 2 is 1.53 bits per heavy atom. The lowest BCUT2D eigenvalue weighted by molar-refractivity contribution is -0.318. The van der Waals surface area contributed by atoms with E-state index in [1.807, 2.05) is 0 Å². The van der Waals surface area contributed by atoms with Crippen molar-refractivity contribution in [3.63, 3.8) is 0 Å². The van der Waals surface area contributed by atoms with Gasteiger partial charge in [0.15, 0.2) is 23.6 Å². The van der Waals surface area contributed by atoms with E-state index in [-0.39, 0.29) is 35.0 Å². The summed E-state index contributed by atoms with van der Waals surface area (Å²) in [6, 6.07) is 6.90. The summed E-state index contributed by atoms with van der Waals surface area (Å²) in [7, 11) is 1.39. The lowest BCUT2D eigenvalue weighted by Gasteiger charge is -2.42. The molecule has 0 bridgehead atoms. The van der Waals surface area contributed by atoms with E-state index < -0.39 is 85.7 Å². The van der Waals surface area contributed by atoms with Gasteiger partial charge in [0.2, 0.25) is 6.29 Å². The minimum Gasteiger partial charge on any atom is -0.507 e. The third kappa shape index (κ3) is 6.08. The zero-order valence-electron chi connectivity index (χ0n) is 23.1. The van der Waals surface area contributed by atoms with Crippen molar-refractivity contribution >= 4 is 5.78 Å². The molecule has 0 amide bonds. The summed E-state index contributed by atoms with van der Waals surface area (Å²) in [5.74, 6) is -0.999. The molecule has 15 heteroatoms. The first-order valence-electron chi connectivity index (χ1n) is 13.5. The number of hydrogen-bond donors (Lipinski definition) is 8. The number of aliphatic hydroxyl groups is 6. The van der Waals surface area contributed by atoms with E-state index in [0.29, 0.717) is 5.56 Å². The number of phenols is 2. The molecule has 3 aliphatic rings. The maximum atomic E-state index is 12.9. The van der Waals surface area contributed by atoms with Crippen LogP contribution in [0.25, 0.3) is 0 Å². The van der Waals surface area contributed by atoms with Crippen LogP contribution in [0.4, 0.5) is 0 Å². The summed E-state index contributed by atoms with van der Waals surface area (Å²) in [5, 5.41) is 82.2. The summed E-state index contributed by atoms with van der Waals surface area (Å²) < 4.78 is 33.1. The highest BCUT2D eigenvalue weighted by atomic mass is 16.7. The van der Waals surface area contributed by atoms with Gasteiger partial charge in [0.1, 0.15) is 71.6 Å². The van der Waals surface area contributed by atoms with Crippen LogP contribution in [0.1, 0.15) is 35.4 Å². The lowest BCUT2D eigenvalue weighted by atomic mass is 9.95. The monoisotopic (exact) mass is 610 g/mol. The molecule has 43 heavy (non-hydrogen) atoms. The van der Waals surface area contributed by atoms with Crippen LogP contribution in [-0.2, 0) is 14.2 Å². The third-order valence-electron chi connectivity index (χ3n) is 7.70. The summed E-state index contributed by atoms with van der Waals surface area (Å²) in [5.41, 5.74) is 0.373. The third-order valence-corrected chi connectivity index (χ3v) is 7.70. The second-order valence-corrected chi connectivity index (χ2v) is 10.6. The number of aromatic hydroxyl groups is 2. The first kappa shape index (κ1) is 31.2. The Bertz CT molecular complexity index is 1320. The number of methoxy groups -OCH3 is 1. The van der Waals surface area contributed by atoms with Crippen LogP contribution in [-0.4, -0.2) is 122 Å². The van der Waals surface area contributed by atoms with E-state index in [1.54, 1.807) is 6.07 Å². The smallest absolute Gasteiger partial charge is 0.229 e. The molecule has 11 atom stereocenters. The van der Waals surface area contributed by atoms with Crippen LogP contribution < -0.4 is 14.2 Å². The summed E-state index contributed by atoms with van der Waals surface area (Å²) in [6.45, 7) is 0.964. The van der Waals surface area contributed by atoms with Gasteiger partial charge >= 0.3 is 0 Å². The molecule has 0 radical (unpaired) electrons. The second kappa shape index (κ2) is 12.4. The highest BCUT2D eigenvalue weighted by molar-refractivity contribution is 6.02. The minimum absolute atomic E-state index is 0.0457. The fourth-order valence-electron chi connectivity index (χ4n) is 5.20. The first-order chi connectivity index (χ1) is 20.4. The molecule has 0 unspecified atom stereocenters. The SMILES string of the molecule is COc1ccc([C@@H]2CC(=O)c3c(O)cc(O[C@H]4O[C@@H](CO[C@@H]5O[C@H](C)[C@H](O)[C@@H](O)[C@@H]5O)[C@H](O)[C@@H](O)[C@@H]4O)cc3O2)cc1O. The van der Waals surface area contributed by atoms with Gasteiger partial charge in [-0.1, -0.05) is 6.07 Å². The zero-order valence-corrected chi connectivity index (χ0v) is 23.1. The van der Waals surface area contributed by atoms with Crippen LogP contribution in [0.15, 0.2) is 30.3 Å². The lowest BCUT2D eigenvalue weighted by Crippen LogP contribution is -2.61. The molecule has 0 spiro atoms. The van der Waals surface area contributed by atoms with Gasteiger partial charge in [0.25, 0.3) is 0 Å². The summed E-state index contributed by atoms with van der Waals surface area (Å²) in [6.07, 6.45) is -15.9. The quantitative estimate of drug-likeness (QED) is 0.185. The Balaban J connectivity index is 1.30. The number of ketones is 1. The predicted molar refractivity (Wildman–Crippen MR) is 141 cm³/mol. The van der Waals surface area contributed by atoms with Gasteiger partial charge < -0.3 is 69.3 Å². The number of phenolic OH excluding ortho intramolecular Hbond substituents is 2. The number of benzene rings is 2. The summed E-state index contributed by atoms with van der Waals surface area (Å²) in [4.78, 5) is 12.9. The van der Waals surface area contributed by atoms with Crippen molar-refractivity contribution in [3.8, 4) is 28.7 Å². The van der Waals surface area contributed by atoms with Crippen molar-refractivity contribution in [2.24, 2.45) is 0 Å². The molecular formula is C28H34O15. The molecule has 2 aromatic carbocycles. The van der Waals surface area contributed by atoms with E-state index >= 15 is 0 Å². The van der Waals surface area contributed by atoms with Crippen LogP contribution in [0, 0.1) is 0 Å². The molecule has 0 aromatic heterocycles. The van der Waals surface area contributed by atoms with Gasteiger partial charge in [-0.3, -0.25) is 4.79 Å². The summed E-state index contributed by atoms with van der Waals surface area (Å²) >= 11 is 0. The molecule has 236 valence electrons. The Kier molecular flexibility index (Phi) is 8.99. The van der Waals surface area contributed by atoms with Crippen molar-refractivity contribution in [2.75, 3.05) is 13.7 Å². The van der Waals surface area contributed by atoms with Gasteiger partial charge in [0, 0.05) is 12.1 Å². The van der Waals surface area contributed by atoms with E-state index in [9.17, 15) is 45.6 Å². The number of hydrogen-bond acceptors (Lipinski definition) is 15. The Hall–Kier alpha value is -3.25. The molecule has 3 aliphatic heterocycles. The van der Waals surface area contributed by atoms with Crippen molar-refractivity contribution in [3.05, 3.63) is 41.5 Å². The Morgan fingerprint density at radius 1 is 0.837 bits per heavy atom. The average Bonchev–Trinajstić information content (AvgIpc) is 2.97. The maximum absolute atomic E-state index is 12.9. The predicted octanol–water partition coefficient (Wildman–Crippen LogP) is -1.16. The number of fused-ring (bicyclic) bond motifs is 1. The van der Waals surface area contributed by atoms with Gasteiger partial charge in [-0.05, 0) is 24.6 Å². The molecular weight excluding hydrogens is 576 g/mol. The number of ether oxygens (including phenoxy) is 6. The molecule has 8 N–H and O–H groups in total. The minimum atomic E-state index is -1.77. The maximum Gasteiger partial charge on any atom is 0.229 e. The van der Waals surface area contributed by atoms with Crippen LogP contribution in [0.5, 0.6) is 28.7 Å². The molecule has 2 saturated heterocycles. The van der Waals surface area contributed by atoms with E-state index in [1.165, 1.54) is 32.2 Å². The molecule has 3 heterocycles. The first-order valence-corrected chi connectivity index (χ1v) is 13.5. The van der Waals surface area contributed by atoms with Crippen molar-refractivity contribution in [1.82, 2.24) is 0 Å². The standard InChI is InChI=1S/C28H34O15/c1-10-21(32)23(34)25(36)27(40-10)39-9-19-22(33)24(35)26(37)28(43-19)41-12-6-14(30)20-15(31)8-17(42-18(20)7-12)11-3-4-16(38-2)13(29)5-11/h3-7,10,17,19,21-30,32-37H,8-9H2,1-2H3/t10-,17+,19+,21+,22+,23-,24-,25+,26+,27-,28+/m1/s1. The van der Waals surface area contributed by atoms with E-state index in [4.69, 9.17) is 28.4 Å². The number of aliphatic hydroxyl groups excluding tert-OH is 6. The Labute approximate surface area is 245 Å². The van der Waals surface area contributed by atoms with Gasteiger partial charge in [-0.15, -0.1) is 0 Å². The molecule has 2 aromatic rings. The number of carbonyl (C=O) groups excluding carboxylic acids is 1. The number of carbonyl (C=O) groups is 1. The van der Waals surface area contributed by atoms with Crippen LogP contribution >= 0.6 is 0 Å². The molecule has 0 aliphatic carbocycles. The van der Waals surface area contributed by atoms with Crippen molar-refractivity contribution in [2.45, 2.75) is 80.9 Å². The van der Waals surface area contributed by atoms with Crippen LogP contribution in [0.2, 0.25) is 0 Å². The second-order valence-electron chi connectivity index (χ2n) is 10.6. The largest absolute Gasteiger partial charge is 0.507 e. The van der Waals surface area contributed by atoms with Crippen molar-refractivity contribution in [1.29, 1.82) is 0 Å². The van der Waals surface area contributed by atoms with Gasteiger partial charge in [0.05, 0.1) is 26.2 Å². The Morgan fingerprint density at radius 3 is 2.23 bits per heavy atom. The average molecular weight is 611 g/mol. The van der Waals surface area contributed by atoms with Gasteiger partial charge in [-0.25, -0.2) is 0 Å². The number of rotatable bonds is 7. The fourth-order valence-corrected chi connectivity index (χ4v) is 5.20. The molecule has 2 fully saturated rings. The van der Waals surface area contributed by atoms with Gasteiger partial charge in [-0.2, -0.15) is 0 Å². The topological polar surface area (TPSA) is 234 Å². The number of Topliss-reactive ketones (excluding diaryl/α,β-unsaturated/α-hetero) is 1. The highest BCUT2D eigenvalue weighted by Gasteiger charge is 2.47. The van der Waals surface area contributed by atoms with E-state index in [0.717, 1.165) is 6.07 Å². The molecule has 5 rings (SSSR count). The van der Waals surface area contributed by atoms with E-state index in [2.05, 4.69) is 0 Å². The zero-order chi connectivity index (χ0) is 31.2. The normalized spacial score (nSPS) is 36.0. The highest BCUT2D eigenvalue weighted by Crippen LogP contribution is 2.43. The van der Waals surface area contributed by atoms with Crippen LogP contribution in [0.3, 0.4) is 0 Å². The fraction of sp³-hybridized carbons (Fsp3) is 0.536.